The number of carbonyl (C=O) groups is 2. The molecule has 0 amide bonds. The summed E-state index contributed by atoms with van der Waals surface area (Å²) in [5.41, 5.74) is 1.76. The van der Waals surface area contributed by atoms with Gasteiger partial charge >= 0.3 is 11.9 Å². The zero-order valence-corrected chi connectivity index (χ0v) is 31.9. The maximum absolute atomic E-state index is 12.2. The summed E-state index contributed by atoms with van der Waals surface area (Å²) >= 11 is 0. The van der Waals surface area contributed by atoms with E-state index >= 15 is 0 Å². The molecule has 1 aromatic carbocycles. The fraction of sp³-hybridized carbons (Fsp3) is 0.818. The molecule has 0 bridgehead atoms. The van der Waals surface area contributed by atoms with Crippen LogP contribution in [0.3, 0.4) is 0 Å². The molecule has 0 heterocycles. The van der Waals surface area contributed by atoms with E-state index in [9.17, 15) is 19.8 Å². The second-order valence-corrected chi connectivity index (χ2v) is 14.9. The first-order valence-electron chi connectivity index (χ1n) is 21.1. The summed E-state index contributed by atoms with van der Waals surface area (Å²) in [6.45, 7) is 4.55. The van der Waals surface area contributed by atoms with Crippen molar-refractivity contribution in [1.82, 2.24) is 0 Å². The van der Waals surface area contributed by atoms with Crippen LogP contribution in [0, 0.1) is 0 Å². The van der Waals surface area contributed by atoms with E-state index in [-0.39, 0.29) is 11.1 Å². The SMILES string of the molecule is CCCCCCCCCCCCCCCCCCc1cc(C(=O)O)c(CCCCCCCCCCCCCCCCCC)c(C(=O)O)c1. The van der Waals surface area contributed by atoms with Crippen LogP contribution in [0.25, 0.3) is 0 Å². The van der Waals surface area contributed by atoms with Gasteiger partial charge in [-0.15, -0.1) is 0 Å². The molecule has 0 aliphatic rings. The summed E-state index contributed by atoms with van der Waals surface area (Å²) in [5.74, 6) is -2.00. The van der Waals surface area contributed by atoms with Crippen LogP contribution in [0.2, 0.25) is 0 Å². The predicted molar refractivity (Wildman–Crippen MR) is 207 cm³/mol. The summed E-state index contributed by atoms with van der Waals surface area (Å²) in [5, 5.41) is 19.9. The molecule has 0 spiro atoms. The van der Waals surface area contributed by atoms with Crippen molar-refractivity contribution in [1.29, 1.82) is 0 Å². The molecule has 278 valence electrons. The highest BCUT2D eigenvalue weighted by Gasteiger charge is 2.20. The Morgan fingerprint density at radius 3 is 0.854 bits per heavy atom. The minimum absolute atomic E-state index is 0.197. The maximum atomic E-state index is 12.2. The Morgan fingerprint density at radius 2 is 0.604 bits per heavy atom. The maximum Gasteiger partial charge on any atom is 0.335 e. The number of aryl methyl sites for hydroxylation is 1. The molecule has 0 aliphatic heterocycles. The summed E-state index contributed by atoms with van der Waals surface area (Å²) in [6.07, 6.45) is 43.0. The van der Waals surface area contributed by atoms with Crippen LogP contribution in [-0.4, -0.2) is 22.2 Å². The predicted octanol–water partition coefficient (Wildman–Crippen LogP) is 14.7. The molecule has 48 heavy (non-hydrogen) atoms. The van der Waals surface area contributed by atoms with Crippen molar-refractivity contribution in [3.05, 3.63) is 34.4 Å². The quantitative estimate of drug-likeness (QED) is 0.0697. The number of carboxylic acids is 2. The van der Waals surface area contributed by atoms with Crippen molar-refractivity contribution in [2.45, 2.75) is 232 Å². The van der Waals surface area contributed by atoms with Gasteiger partial charge in [0.05, 0.1) is 11.1 Å². The molecule has 4 nitrogen and oxygen atoms in total. The Kier molecular flexibility index (Phi) is 29.8. The van der Waals surface area contributed by atoms with Gasteiger partial charge in [0.2, 0.25) is 0 Å². The Labute approximate surface area is 297 Å². The second kappa shape index (κ2) is 32.4. The van der Waals surface area contributed by atoms with Gasteiger partial charge in [-0.1, -0.05) is 206 Å². The highest BCUT2D eigenvalue weighted by molar-refractivity contribution is 5.97. The molecule has 0 aromatic heterocycles. The van der Waals surface area contributed by atoms with Crippen LogP contribution in [0.4, 0.5) is 0 Å². The van der Waals surface area contributed by atoms with Gasteiger partial charge in [0.1, 0.15) is 0 Å². The summed E-state index contributed by atoms with van der Waals surface area (Å²) in [7, 11) is 0. The molecule has 1 rings (SSSR count). The minimum Gasteiger partial charge on any atom is -0.478 e. The van der Waals surface area contributed by atoms with Crippen LogP contribution in [0.1, 0.15) is 251 Å². The van der Waals surface area contributed by atoms with Gasteiger partial charge in [-0.2, -0.15) is 0 Å². The van der Waals surface area contributed by atoms with Crippen LogP contribution in [-0.2, 0) is 12.8 Å². The standard InChI is InChI=1S/C44H78O4/c1-3-5-7-9-11-13-15-17-19-21-23-25-27-29-31-33-35-39-37-41(43(45)46)40(42(38-39)44(47)48)36-34-32-30-28-26-24-22-20-18-16-14-12-10-8-6-4-2/h37-38H,3-36H2,1-2H3,(H,45,46)(H,47,48). The number of aromatic carboxylic acids is 2. The first-order chi connectivity index (χ1) is 23.5. The molecule has 0 saturated heterocycles. The first kappa shape index (κ1) is 44.2. The first-order valence-corrected chi connectivity index (χ1v) is 21.1. The average Bonchev–Trinajstić information content (AvgIpc) is 3.07. The summed E-state index contributed by atoms with van der Waals surface area (Å²) in [6, 6.07) is 3.50. The van der Waals surface area contributed by atoms with Crippen molar-refractivity contribution >= 4 is 11.9 Å². The Hall–Kier alpha value is -1.84. The van der Waals surface area contributed by atoms with Crippen LogP contribution in [0.15, 0.2) is 12.1 Å². The Morgan fingerprint density at radius 1 is 0.375 bits per heavy atom. The van der Waals surface area contributed by atoms with Gasteiger partial charge in [-0.05, 0) is 48.9 Å². The summed E-state index contributed by atoms with van der Waals surface area (Å²) < 4.78 is 0. The lowest BCUT2D eigenvalue weighted by Crippen LogP contribution is -2.12. The molecule has 0 radical (unpaired) electrons. The zero-order chi connectivity index (χ0) is 34.9. The fourth-order valence-corrected chi connectivity index (χ4v) is 7.25. The molecule has 2 N–H and O–H groups in total. The van der Waals surface area contributed by atoms with Gasteiger partial charge in [0.15, 0.2) is 0 Å². The average molecular weight is 671 g/mol. The molecule has 0 saturated carbocycles. The third-order valence-electron chi connectivity index (χ3n) is 10.4. The van der Waals surface area contributed by atoms with Crippen LogP contribution in [0.5, 0.6) is 0 Å². The molecule has 0 atom stereocenters. The molecular formula is C44H78O4. The van der Waals surface area contributed by atoms with Gasteiger partial charge in [0.25, 0.3) is 0 Å². The van der Waals surface area contributed by atoms with E-state index in [4.69, 9.17) is 0 Å². The molecule has 0 aliphatic carbocycles. The third kappa shape index (κ3) is 24.3. The molecular weight excluding hydrogens is 592 g/mol. The lowest BCUT2D eigenvalue weighted by molar-refractivity contribution is 0.0695. The van der Waals surface area contributed by atoms with Crippen LogP contribution < -0.4 is 0 Å². The van der Waals surface area contributed by atoms with E-state index in [0.29, 0.717) is 12.0 Å². The number of hydrogen-bond acceptors (Lipinski definition) is 2. The number of benzene rings is 1. The van der Waals surface area contributed by atoms with Gasteiger partial charge in [-0.25, -0.2) is 9.59 Å². The van der Waals surface area contributed by atoms with Gasteiger partial charge in [-0.3, -0.25) is 0 Å². The number of rotatable bonds is 36. The van der Waals surface area contributed by atoms with Crippen molar-refractivity contribution in [2.24, 2.45) is 0 Å². The smallest absolute Gasteiger partial charge is 0.335 e. The van der Waals surface area contributed by atoms with E-state index < -0.39 is 11.9 Å². The monoisotopic (exact) mass is 671 g/mol. The van der Waals surface area contributed by atoms with E-state index in [1.54, 1.807) is 12.1 Å². The van der Waals surface area contributed by atoms with Crippen LogP contribution >= 0.6 is 0 Å². The second-order valence-electron chi connectivity index (χ2n) is 14.9. The molecule has 0 fully saturated rings. The Bertz CT molecular complexity index is 872. The lowest BCUT2D eigenvalue weighted by atomic mass is 9.91. The van der Waals surface area contributed by atoms with Gasteiger partial charge < -0.3 is 10.2 Å². The van der Waals surface area contributed by atoms with E-state index in [2.05, 4.69) is 13.8 Å². The van der Waals surface area contributed by atoms with E-state index in [1.807, 2.05) is 0 Å². The van der Waals surface area contributed by atoms with Gasteiger partial charge in [0, 0.05) is 0 Å². The molecule has 4 heteroatoms. The van der Waals surface area contributed by atoms with Crippen molar-refractivity contribution < 1.29 is 19.8 Å². The van der Waals surface area contributed by atoms with E-state index in [0.717, 1.165) is 44.1 Å². The zero-order valence-electron chi connectivity index (χ0n) is 31.9. The minimum atomic E-state index is -1.00. The highest BCUT2D eigenvalue weighted by atomic mass is 16.4. The number of hydrogen-bond donors (Lipinski definition) is 2. The number of unbranched alkanes of at least 4 members (excludes halogenated alkanes) is 30. The van der Waals surface area contributed by atoms with Crippen molar-refractivity contribution in [3.63, 3.8) is 0 Å². The highest BCUT2D eigenvalue weighted by Crippen LogP contribution is 2.24. The Balaban J connectivity index is 2.20. The third-order valence-corrected chi connectivity index (χ3v) is 10.4. The van der Waals surface area contributed by atoms with E-state index in [1.165, 1.54) is 173 Å². The summed E-state index contributed by atoms with van der Waals surface area (Å²) in [4.78, 5) is 24.3. The number of carboxylic acid groups (broad SMARTS) is 2. The van der Waals surface area contributed by atoms with Crippen molar-refractivity contribution in [3.8, 4) is 0 Å². The van der Waals surface area contributed by atoms with Crippen molar-refractivity contribution in [2.75, 3.05) is 0 Å². The normalized spacial score (nSPS) is 11.4. The molecule has 0 unspecified atom stereocenters. The fourth-order valence-electron chi connectivity index (χ4n) is 7.25. The largest absolute Gasteiger partial charge is 0.478 e. The molecule has 1 aromatic rings. The topological polar surface area (TPSA) is 74.6 Å². The lowest BCUT2D eigenvalue weighted by Gasteiger charge is -2.13.